The van der Waals surface area contributed by atoms with E-state index in [0.717, 1.165) is 0 Å². The minimum Gasteiger partial charge on any atom is -1.00 e. The first-order valence-electron chi connectivity index (χ1n) is 6.39. The van der Waals surface area contributed by atoms with Crippen LogP contribution >= 0.6 is 0 Å². The van der Waals surface area contributed by atoms with Gasteiger partial charge in [-0.05, 0) is 48.4 Å². The molecule has 1 aromatic carbocycles. The van der Waals surface area contributed by atoms with Gasteiger partial charge in [-0.2, -0.15) is 0 Å². The fourth-order valence-electron chi connectivity index (χ4n) is 3.00. The zero-order chi connectivity index (χ0) is 11.8. The van der Waals surface area contributed by atoms with Crippen LogP contribution in [0.2, 0.25) is 0 Å². The van der Waals surface area contributed by atoms with E-state index in [-0.39, 0.29) is 51.0 Å². The summed E-state index contributed by atoms with van der Waals surface area (Å²) in [6.07, 6.45) is 14.8. The third-order valence-electron chi connectivity index (χ3n) is 3.94. The molecule has 3 heteroatoms. The Hall–Kier alpha value is -0.0969. The molecule has 0 saturated heterocycles. The Morgan fingerprint density at radius 1 is 0.900 bits per heavy atom. The van der Waals surface area contributed by atoms with Crippen molar-refractivity contribution < 1.29 is 51.0 Å². The molecule has 0 nitrogen and oxygen atoms in total. The smallest absolute Gasteiger partial charge is 1.00 e. The van der Waals surface area contributed by atoms with Crippen molar-refractivity contribution in [2.45, 2.75) is 26.2 Å². The summed E-state index contributed by atoms with van der Waals surface area (Å²) in [6.45, 7) is 4.44. The van der Waals surface area contributed by atoms with Crippen LogP contribution in [0.5, 0.6) is 0 Å². The summed E-state index contributed by atoms with van der Waals surface area (Å²) >= 11 is 0. The summed E-state index contributed by atoms with van der Waals surface area (Å²) in [7, 11) is 0. The Morgan fingerprint density at radius 2 is 1.50 bits per heavy atom. The third kappa shape index (κ3) is 3.76. The van der Waals surface area contributed by atoms with Crippen molar-refractivity contribution in [3.8, 4) is 0 Å². The van der Waals surface area contributed by atoms with Crippen molar-refractivity contribution in [2.75, 3.05) is 0 Å². The van der Waals surface area contributed by atoms with Crippen LogP contribution in [-0.4, -0.2) is 0 Å². The van der Waals surface area contributed by atoms with E-state index in [2.05, 4.69) is 62.4 Å². The van der Waals surface area contributed by atoms with Crippen molar-refractivity contribution in [1.29, 1.82) is 0 Å². The molecule has 2 aliphatic carbocycles. The van der Waals surface area contributed by atoms with Crippen LogP contribution in [0.1, 0.15) is 34.6 Å². The van der Waals surface area contributed by atoms with Crippen molar-refractivity contribution in [3.63, 3.8) is 0 Å². The molecule has 2 aliphatic rings. The first-order chi connectivity index (χ1) is 8.25. The van der Waals surface area contributed by atoms with Gasteiger partial charge < -0.3 is 24.8 Å². The van der Waals surface area contributed by atoms with E-state index < -0.39 is 0 Å². The molecule has 20 heavy (non-hydrogen) atoms. The number of allylic oxidation sites excluding steroid dienone is 5. The molecule has 0 saturated carbocycles. The predicted octanol–water partition coefficient (Wildman–Crippen LogP) is -1.45. The second-order valence-corrected chi connectivity index (χ2v) is 5.16. The van der Waals surface area contributed by atoms with Crippen molar-refractivity contribution in [2.24, 2.45) is 5.92 Å². The second-order valence-electron chi connectivity index (χ2n) is 5.16. The topological polar surface area (TPSA) is 0 Å². The van der Waals surface area contributed by atoms with Gasteiger partial charge in [-0.1, -0.05) is 48.6 Å². The van der Waals surface area contributed by atoms with Gasteiger partial charge in [0.25, 0.3) is 0 Å². The Bertz CT molecular complexity index is 532. The van der Waals surface area contributed by atoms with Crippen LogP contribution in [0, 0.1) is 19.8 Å². The summed E-state index contributed by atoms with van der Waals surface area (Å²) in [6, 6.07) is 4.49. The van der Waals surface area contributed by atoms with Crippen LogP contribution < -0.4 is 24.8 Å². The van der Waals surface area contributed by atoms with Gasteiger partial charge in [-0.15, -0.1) is 0 Å². The zero-order valence-corrected chi connectivity index (χ0v) is 15.7. The molecule has 0 N–H and O–H groups in total. The van der Waals surface area contributed by atoms with Crippen LogP contribution in [0.15, 0.2) is 42.5 Å². The number of rotatable bonds is 2. The van der Waals surface area contributed by atoms with E-state index in [1.807, 2.05) is 0 Å². The minimum absolute atomic E-state index is 0. The predicted molar refractivity (Wildman–Crippen MR) is 74.1 cm³/mol. The van der Waals surface area contributed by atoms with E-state index >= 15 is 0 Å². The fourth-order valence-corrected chi connectivity index (χ4v) is 3.00. The molecule has 0 amide bonds. The van der Waals surface area contributed by atoms with Crippen molar-refractivity contribution in [3.05, 3.63) is 64.8 Å². The molecule has 104 valence electrons. The molecule has 0 heterocycles. The molecule has 0 aliphatic heterocycles. The molecule has 1 atom stereocenters. The Labute approximate surface area is 153 Å². The van der Waals surface area contributed by atoms with Crippen LogP contribution in [-0.2, 0) is 26.2 Å². The summed E-state index contributed by atoms with van der Waals surface area (Å²) in [5, 5.41) is 0. The summed E-state index contributed by atoms with van der Waals surface area (Å²) in [5.41, 5.74) is 5.85. The number of benzene rings is 1. The Balaban J connectivity index is 0.00000120. The maximum atomic E-state index is 2.38. The van der Waals surface area contributed by atoms with Gasteiger partial charge in [0.15, 0.2) is 0 Å². The van der Waals surface area contributed by atoms with Gasteiger partial charge in [-0.25, -0.2) is 0 Å². The van der Waals surface area contributed by atoms with Crippen molar-refractivity contribution >= 4 is 6.08 Å². The van der Waals surface area contributed by atoms with Crippen molar-refractivity contribution in [1.82, 2.24) is 0 Å². The first kappa shape index (κ1) is 19.9. The van der Waals surface area contributed by atoms with Crippen LogP contribution in [0.4, 0.5) is 0 Å². The molecule has 0 fully saturated rings. The first-order valence-corrected chi connectivity index (χ1v) is 6.39. The van der Waals surface area contributed by atoms with Crippen LogP contribution in [0.25, 0.3) is 6.08 Å². The molecule has 0 radical (unpaired) electrons. The second kappa shape index (κ2) is 8.37. The number of hydrogen-bond acceptors (Lipinski definition) is 0. The SMILES string of the molecule is Cc1ccc(C)c2c1C=CC2CC1C=CC=C1.[Cl-].[Cl-].[Zr+2]. The maximum absolute atomic E-state index is 2.38. The largest absolute Gasteiger partial charge is 2.00 e. The summed E-state index contributed by atoms with van der Waals surface area (Å²) < 4.78 is 0. The number of hydrogen-bond donors (Lipinski definition) is 0. The molecule has 3 rings (SSSR count). The quantitative estimate of drug-likeness (QED) is 0.586. The normalized spacial score (nSPS) is 18.2. The van der Waals surface area contributed by atoms with Crippen LogP contribution in [0.3, 0.4) is 0 Å². The molecular weight excluding hydrogens is 366 g/mol. The maximum Gasteiger partial charge on any atom is 2.00 e. The zero-order valence-electron chi connectivity index (χ0n) is 11.7. The molecule has 1 unspecified atom stereocenters. The average Bonchev–Trinajstić information content (AvgIpc) is 2.94. The van der Waals surface area contributed by atoms with Gasteiger partial charge in [0.05, 0.1) is 0 Å². The van der Waals surface area contributed by atoms with E-state index in [4.69, 9.17) is 0 Å². The fraction of sp³-hybridized carbons (Fsp3) is 0.294. The number of fused-ring (bicyclic) bond motifs is 1. The van der Waals surface area contributed by atoms with E-state index in [9.17, 15) is 0 Å². The molecule has 0 spiro atoms. The third-order valence-corrected chi connectivity index (χ3v) is 3.94. The van der Waals surface area contributed by atoms with Gasteiger partial charge >= 0.3 is 26.2 Å². The molecular formula is C17H18Cl2Zr. The monoisotopic (exact) mass is 382 g/mol. The van der Waals surface area contributed by atoms with Gasteiger partial charge in [0.1, 0.15) is 0 Å². The standard InChI is InChI=1S/C17H18.2ClH.Zr/c1-12-7-8-13(2)17-15(9-10-16(12)17)11-14-5-3-4-6-14;;;/h3-10,14-15H,11H2,1-2H3;2*1H;/q;;;+2/p-2. The van der Waals surface area contributed by atoms with E-state index in [1.165, 1.54) is 23.1 Å². The van der Waals surface area contributed by atoms with E-state index in [0.29, 0.717) is 11.8 Å². The van der Waals surface area contributed by atoms with E-state index in [1.54, 1.807) is 5.56 Å². The average molecular weight is 384 g/mol. The molecule has 1 aromatic rings. The Morgan fingerprint density at radius 3 is 2.15 bits per heavy atom. The Kier molecular flexibility index (Phi) is 8.33. The number of aryl methyl sites for hydroxylation is 2. The van der Waals surface area contributed by atoms with Gasteiger partial charge in [0.2, 0.25) is 0 Å². The van der Waals surface area contributed by atoms with Gasteiger partial charge in [0, 0.05) is 5.92 Å². The number of halogens is 2. The van der Waals surface area contributed by atoms with Gasteiger partial charge in [-0.3, -0.25) is 0 Å². The molecule has 0 bridgehead atoms. The minimum atomic E-state index is 0. The summed E-state index contributed by atoms with van der Waals surface area (Å²) in [4.78, 5) is 0. The molecule has 0 aromatic heterocycles. The summed E-state index contributed by atoms with van der Waals surface area (Å²) in [5.74, 6) is 1.22.